The zero-order valence-corrected chi connectivity index (χ0v) is 16.9. The van der Waals surface area contributed by atoms with Crippen molar-refractivity contribution in [2.24, 2.45) is 0 Å². The van der Waals surface area contributed by atoms with Crippen molar-refractivity contribution in [2.75, 3.05) is 26.2 Å². The number of sulfonamides is 1. The van der Waals surface area contributed by atoms with Crippen LogP contribution in [0, 0.1) is 13.8 Å². The Kier molecular flexibility index (Phi) is 4.82. The highest BCUT2D eigenvalue weighted by Crippen LogP contribution is 2.38. The quantitative estimate of drug-likeness (QED) is 0.781. The molecule has 1 aromatic heterocycles. The number of aromatic nitrogens is 2. The minimum Gasteiger partial charge on any atom is -0.338 e. The Morgan fingerprint density at radius 2 is 1.81 bits per heavy atom. The lowest BCUT2D eigenvalue weighted by Crippen LogP contribution is -2.49. The second kappa shape index (κ2) is 7.00. The summed E-state index contributed by atoms with van der Waals surface area (Å²) in [5.41, 5.74) is 2.09. The van der Waals surface area contributed by atoms with Crippen molar-refractivity contribution in [3.63, 3.8) is 0 Å². The highest BCUT2D eigenvalue weighted by Gasteiger charge is 2.33. The Labute approximate surface area is 160 Å². The van der Waals surface area contributed by atoms with Gasteiger partial charge >= 0.3 is 0 Å². The van der Waals surface area contributed by atoms with Gasteiger partial charge < -0.3 is 4.52 Å². The number of hydrogen-bond acceptors (Lipinski definition) is 6. The molecular weight excluding hydrogens is 364 g/mol. The Balaban J connectivity index is 1.42. The van der Waals surface area contributed by atoms with Gasteiger partial charge in [0.05, 0.1) is 10.9 Å². The van der Waals surface area contributed by atoms with Crippen LogP contribution in [0.25, 0.3) is 0 Å². The van der Waals surface area contributed by atoms with Gasteiger partial charge in [-0.1, -0.05) is 11.2 Å². The van der Waals surface area contributed by atoms with Crippen LogP contribution in [0.5, 0.6) is 0 Å². The van der Waals surface area contributed by atoms with Crippen LogP contribution in [-0.4, -0.2) is 53.9 Å². The van der Waals surface area contributed by atoms with Crippen molar-refractivity contribution in [2.45, 2.75) is 50.5 Å². The third-order valence-electron chi connectivity index (χ3n) is 5.69. The second-order valence-electron chi connectivity index (χ2n) is 7.63. The molecule has 1 aliphatic carbocycles. The molecule has 146 valence electrons. The highest BCUT2D eigenvalue weighted by molar-refractivity contribution is 7.89. The molecule has 1 aliphatic heterocycles. The van der Waals surface area contributed by atoms with E-state index in [2.05, 4.69) is 15.0 Å². The topological polar surface area (TPSA) is 79.5 Å². The molecule has 2 fully saturated rings. The summed E-state index contributed by atoms with van der Waals surface area (Å²) in [4.78, 5) is 7.11. The van der Waals surface area contributed by atoms with Gasteiger partial charge in [0.25, 0.3) is 0 Å². The SMILES string of the molecule is Cc1ccc(S(=O)(=O)N2CCN([C@H](C)c3nc(C4CC4)no3)CC2)cc1C. The van der Waals surface area contributed by atoms with E-state index in [1.54, 1.807) is 16.4 Å². The number of aryl methyl sites for hydroxylation is 2. The summed E-state index contributed by atoms with van der Waals surface area (Å²) in [5.74, 6) is 1.91. The molecule has 7 nitrogen and oxygen atoms in total. The third kappa shape index (κ3) is 3.66. The van der Waals surface area contributed by atoms with Crippen LogP contribution in [0.4, 0.5) is 0 Å². The van der Waals surface area contributed by atoms with Crippen molar-refractivity contribution in [1.29, 1.82) is 0 Å². The first-order valence-corrected chi connectivity index (χ1v) is 10.9. The van der Waals surface area contributed by atoms with E-state index in [0.717, 1.165) is 29.8 Å². The number of rotatable bonds is 5. The summed E-state index contributed by atoms with van der Waals surface area (Å²) in [6.07, 6.45) is 2.28. The van der Waals surface area contributed by atoms with Gasteiger partial charge in [0.1, 0.15) is 0 Å². The highest BCUT2D eigenvalue weighted by atomic mass is 32.2. The lowest BCUT2D eigenvalue weighted by Gasteiger charge is -2.36. The Morgan fingerprint density at radius 1 is 1.11 bits per heavy atom. The van der Waals surface area contributed by atoms with Gasteiger partial charge in [0.2, 0.25) is 15.9 Å². The van der Waals surface area contributed by atoms with Gasteiger partial charge in [-0.15, -0.1) is 0 Å². The first-order valence-electron chi connectivity index (χ1n) is 9.51. The van der Waals surface area contributed by atoms with E-state index in [9.17, 15) is 8.42 Å². The van der Waals surface area contributed by atoms with E-state index in [-0.39, 0.29) is 6.04 Å². The minimum absolute atomic E-state index is 0.00327. The Morgan fingerprint density at radius 3 is 2.44 bits per heavy atom. The van der Waals surface area contributed by atoms with E-state index in [1.165, 1.54) is 0 Å². The van der Waals surface area contributed by atoms with E-state index in [1.807, 2.05) is 26.8 Å². The number of hydrogen-bond donors (Lipinski definition) is 0. The molecular formula is C19H26N4O3S. The number of benzene rings is 1. The van der Waals surface area contributed by atoms with Crippen LogP contribution < -0.4 is 0 Å². The van der Waals surface area contributed by atoms with Crippen LogP contribution in [0.1, 0.15) is 54.6 Å². The standard InChI is InChI=1S/C19H26N4O3S/c1-13-4-7-17(12-14(13)2)27(24,25)23-10-8-22(9-11-23)15(3)19-20-18(21-26-19)16-5-6-16/h4,7,12,15-16H,5-6,8-11H2,1-3H3/t15-/m1/s1. The fourth-order valence-corrected chi connectivity index (χ4v) is 4.94. The van der Waals surface area contributed by atoms with Gasteiger partial charge in [-0.3, -0.25) is 4.90 Å². The fourth-order valence-electron chi connectivity index (χ4n) is 3.44. The predicted molar refractivity (Wildman–Crippen MR) is 101 cm³/mol. The number of piperazine rings is 1. The van der Waals surface area contributed by atoms with Crippen molar-refractivity contribution >= 4 is 10.0 Å². The molecule has 2 aliphatic rings. The second-order valence-corrected chi connectivity index (χ2v) is 9.57. The molecule has 2 heterocycles. The lowest BCUT2D eigenvalue weighted by molar-refractivity contribution is 0.124. The van der Waals surface area contributed by atoms with E-state index in [4.69, 9.17) is 4.52 Å². The van der Waals surface area contributed by atoms with Crippen molar-refractivity contribution < 1.29 is 12.9 Å². The summed E-state index contributed by atoms with van der Waals surface area (Å²) < 4.78 is 32.9. The third-order valence-corrected chi connectivity index (χ3v) is 7.59. The van der Waals surface area contributed by atoms with Crippen molar-refractivity contribution in [3.05, 3.63) is 41.0 Å². The monoisotopic (exact) mass is 390 g/mol. The molecule has 1 saturated carbocycles. The molecule has 0 bridgehead atoms. The molecule has 1 saturated heterocycles. The smallest absolute Gasteiger partial charge is 0.243 e. The maximum Gasteiger partial charge on any atom is 0.243 e. The Bertz CT molecular complexity index is 928. The number of nitrogens with zero attached hydrogens (tertiary/aromatic N) is 4. The van der Waals surface area contributed by atoms with Crippen LogP contribution in [0.3, 0.4) is 0 Å². The van der Waals surface area contributed by atoms with Crippen LogP contribution in [0.15, 0.2) is 27.6 Å². The van der Waals surface area contributed by atoms with Gasteiger partial charge in [-0.05, 0) is 56.9 Å². The molecule has 0 amide bonds. The van der Waals surface area contributed by atoms with Crippen LogP contribution >= 0.6 is 0 Å². The first-order chi connectivity index (χ1) is 12.9. The van der Waals surface area contributed by atoms with E-state index in [0.29, 0.717) is 42.9 Å². The maximum absolute atomic E-state index is 12.9. The summed E-state index contributed by atoms with van der Waals surface area (Å²) in [6, 6.07) is 5.33. The fraction of sp³-hybridized carbons (Fsp3) is 0.579. The zero-order chi connectivity index (χ0) is 19.2. The molecule has 1 atom stereocenters. The van der Waals surface area contributed by atoms with Gasteiger partial charge in [0.15, 0.2) is 5.82 Å². The molecule has 1 aromatic carbocycles. The summed E-state index contributed by atoms with van der Waals surface area (Å²) in [6.45, 7) is 8.18. The van der Waals surface area contributed by atoms with E-state index >= 15 is 0 Å². The maximum atomic E-state index is 12.9. The van der Waals surface area contributed by atoms with E-state index < -0.39 is 10.0 Å². The summed E-state index contributed by atoms with van der Waals surface area (Å²) >= 11 is 0. The lowest BCUT2D eigenvalue weighted by atomic mass is 10.1. The molecule has 4 rings (SSSR count). The molecule has 0 unspecified atom stereocenters. The molecule has 0 N–H and O–H groups in total. The van der Waals surface area contributed by atoms with Crippen LogP contribution in [0.2, 0.25) is 0 Å². The largest absolute Gasteiger partial charge is 0.338 e. The molecule has 0 spiro atoms. The minimum atomic E-state index is -3.46. The molecule has 27 heavy (non-hydrogen) atoms. The van der Waals surface area contributed by atoms with Crippen molar-refractivity contribution in [3.8, 4) is 0 Å². The zero-order valence-electron chi connectivity index (χ0n) is 16.1. The molecule has 0 radical (unpaired) electrons. The first kappa shape index (κ1) is 18.6. The average Bonchev–Trinajstić information content (AvgIpc) is 3.40. The van der Waals surface area contributed by atoms with Gasteiger partial charge in [-0.25, -0.2) is 8.42 Å². The summed E-state index contributed by atoms with van der Waals surface area (Å²) in [7, 11) is -3.46. The van der Waals surface area contributed by atoms with Crippen LogP contribution in [-0.2, 0) is 10.0 Å². The molecule has 2 aromatic rings. The Hall–Kier alpha value is -1.77. The van der Waals surface area contributed by atoms with Gasteiger partial charge in [-0.2, -0.15) is 9.29 Å². The summed E-state index contributed by atoms with van der Waals surface area (Å²) in [5, 5.41) is 4.08. The molecule has 8 heteroatoms. The van der Waals surface area contributed by atoms with Gasteiger partial charge in [0, 0.05) is 32.1 Å². The van der Waals surface area contributed by atoms with Crippen molar-refractivity contribution in [1.82, 2.24) is 19.3 Å². The average molecular weight is 391 g/mol. The predicted octanol–water partition coefficient (Wildman–Crippen LogP) is 2.63. The normalized spacial score (nSPS) is 20.7.